The molecule has 1 aliphatic heterocycles. The molecule has 0 bridgehead atoms. The number of hydrogen-bond acceptors (Lipinski definition) is 3. The highest BCUT2D eigenvalue weighted by Gasteiger charge is 2.30. The molecule has 1 fully saturated rings. The fourth-order valence-electron chi connectivity index (χ4n) is 2.51. The molecule has 1 aliphatic rings. The number of carboxylic acid groups (broad SMARTS) is 1. The van der Waals surface area contributed by atoms with Crippen LogP contribution in [0, 0.1) is 5.92 Å². The van der Waals surface area contributed by atoms with Crippen molar-refractivity contribution in [1.82, 2.24) is 15.1 Å². The van der Waals surface area contributed by atoms with Crippen molar-refractivity contribution in [3.8, 4) is 0 Å². The molecule has 1 saturated heterocycles. The van der Waals surface area contributed by atoms with Crippen molar-refractivity contribution in [2.24, 2.45) is 5.92 Å². The molecule has 7 nitrogen and oxygen atoms in total. The van der Waals surface area contributed by atoms with Gasteiger partial charge in [0.25, 0.3) is 0 Å². The smallest absolute Gasteiger partial charge is 0.320 e. The second-order valence-corrected chi connectivity index (χ2v) is 5.59. The monoisotopic (exact) mass is 299 g/mol. The van der Waals surface area contributed by atoms with E-state index in [1.54, 1.807) is 16.8 Å². The van der Waals surface area contributed by atoms with Crippen LogP contribution in [0.15, 0.2) is 0 Å². The number of aliphatic carboxylic acids is 1. The zero-order chi connectivity index (χ0) is 16.0. The van der Waals surface area contributed by atoms with Gasteiger partial charge in [-0.2, -0.15) is 0 Å². The lowest BCUT2D eigenvalue weighted by atomic mass is 9.96. The van der Waals surface area contributed by atoms with Crippen LogP contribution in [-0.4, -0.2) is 65.5 Å². The molecule has 0 atom stereocenters. The summed E-state index contributed by atoms with van der Waals surface area (Å²) < 4.78 is 0. The molecule has 0 saturated carbocycles. The standard InChI is InChI=1S/C14H25N3O4/c1-10(2)17(9-6-12(18)19)14(21)16-7-4-11(5-8-16)13(20)15-3/h10-11H,4-9H2,1-3H3,(H,15,20)(H,18,19). The third kappa shape index (κ3) is 4.91. The summed E-state index contributed by atoms with van der Waals surface area (Å²) in [6.07, 6.45) is 1.24. The normalized spacial score (nSPS) is 15.9. The van der Waals surface area contributed by atoms with E-state index < -0.39 is 5.97 Å². The number of carbonyl (C=O) groups excluding carboxylic acids is 2. The lowest BCUT2D eigenvalue weighted by Crippen LogP contribution is -2.50. The van der Waals surface area contributed by atoms with E-state index in [4.69, 9.17) is 5.11 Å². The number of amides is 3. The minimum Gasteiger partial charge on any atom is -0.481 e. The molecule has 7 heteroatoms. The van der Waals surface area contributed by atoms with Gasteiger partial charge in [-0.3, -0.25) is 9.59 Å². The topological polar surface area (TPSA) is 90.0 Å². The van der Waals surface area contributed by atoms with Gasteiger partial charge >= 0.3 is 12.0 Å². The van der Waals surface area contributed by atoms with Crippen molar-refractivity contribution >= 4 is 17.9 Å². The van der Waals surface area contributed by atoms with Gasteiger partial charge in [-0.05, 0) is 26.7 Å². The van der Waals surface area contributed by atoms with Crippen molar-refractivity contribution in [1.29, 1.82) is 0 Å². The summed E-state index contributed by atoms with van der Waals surface area (Å²) in [5, 5.41) is 11.4. The summed E-state index contributed by atoms with van der Waals surface area (Å²) in [7, 11) is 1.62. The van der Waals surface area contributed by atoms with Gasteiger partial charge < -0.3 is 20.2 Å². The van der Waals surface area contributed by atoms with Crippen LogP contribution in [0.25, 0.3) is 0 Å². The third-order valence-corrected chi connectivity index (χ3v) is 3.82. The molecule has 21 heavy (non-hydrogen) atoms. The summed E-state index contributed by atoms with van der Waals surface area (Å²) in [6, 6.07) is -0.185. The maximum absolute atomic E-state index is 12.5. The van der Waals surface area contributed by atoms with Crippen LogP contribution < -0.4 is 5.32 Å². The van der Waals surface area contributed by atoms with Gasteiger partial charge in [0.15, 0.2) is 0 Å². The van der Waals surface area contributed by atoms with E-state index in [1.165, 1.54) is 0 Å². The van der Waals surface area contributed by atoms with E-state index in [1.807, 2.05) is 13.8 Å². The van der Waals surface area contributed by atoms with Crippen LogP contribution in [-0.2, 0) is 9.59 Å². The van der Waals surface area contributed by atoms with E-state index in [0.717, 1.165) is 0 Å². The second kappa shape index (κ2) is 7.85. The predicted molar refractivity (Wildman–Crippen MR) is 77.9 cm³/mol. The highest BCUT2D eigenvalue weighted by atomic mass is 16.4. The summed E-state index contributed by atoms with van der Waals surface area (Å²) in [5.41, 5.74) is 0. The van der Waals surface area contributed by atoms with E-state index in [-0.39, 0.29) is 36.9 Å². The SMILES string of the molecule is CNC(=O)C1CCN(C(=O)N(CCC(=O)O)C(C)C)CC1. The number of carboxylic acids is 1. The Hall–Kier alpha value is -1.79. The Labute approximate surface area is 125 Å². The van der Waals surface area contributed by atoms with Crippen LogP contribution in [0.2, 0.25) is 0 Å². The fourth-order valence-corrected chi connectivity index (χ4v) is 2.51. The maximum Gasteiger partial charge on any atom is 0.320 e. The molecule has 2 N–H and O–H groups in total. The van der Waals surface area contributed by atoms with Crippen LogP contribution >= 0.6 is 0 Å². The Kier molecular flexibility index (Phi) is 6.45. The Bertz CT molecular complexity index is 390. The lowest BCUT2D eigenvalue weighted by Gasteiger charge is -2.36. The number of rotatable bonds is 5. The van der Waals surface area contributed by atoms with E-state index in [9.17, 15) is 14.4 Å². The second-order valence-electron chi connectivity index (χ2n) is 5.59. The third-order valence-electron chi connectivity index (χ3n) is 3.82. The van der Waals surface area contributed by atoms with Gasteiger partial charge in [0.05, 0.1) is 6.42 Å². The van der Waals surface area contributed by atoms with Gasteiger partial charge in [-0.1, -0.05) is 0 Å². The summed E-state index contributed by atoms with van der Waals surface area (Å²) in [6.45, 7) is 5.02. The van der Waals surface area contributed by atoms with Gasteiger partial charge in [0, 0.05) is 38.6 Å². The van der Waals surface area contributed by atoms with Gasteiger partial charge in [-0.25, -0.2) is 4.79 Å². The molecule has 0 spiro atoms. The zero-order valence-corrected chi connectivity index (χ0v) is 13.0. The number of piperidine rings is 1. The quantitative estimate of drug-likeness (QED) is 0.784. The summed E-state index contributed by atoms with van der Waals surface area (Å²) >= 11 is 0. The van der Waals surface area contributed by atoms with Crippen molar-refractivity contribution in [3.05, 3.63) is 0 Å². The minimum atomic E-state index is -0.910. The van der Waals surface area contributed by atoms with Crippen LogP contribution in [0.1, 0.15) is 33.1 Å². The average Bonchev–Trinajstić information content (AvgIpc) is 2.45. The van der Waals surface area contributed by atoms with Gasteiger partial charge in [-0.15, -0.1) is 0 Å². The summed E-state index contributed by atoms with van der Waals surface area (Å²) in [5.74, 6) is -0.925. The van der Waals surface area contributed by atoms with Gasteiger partial charge in [0.2, 0.25) is 5.91 Å². The Morgan fingerprint density at radius 2 is 1.86 bits per heavy atom. The fraction of sp³-hybridized carbons (Fsp3) is 0.786. The summed E-state index contributed by atoms with van der Waals surface area (Å²) in [4.78, 5) is 38.0. The van der Waals surface area contributed by atoms with E-state index >= 15 is 0 Å². The number of nitrogens with one attached hydrogen (secondary N) is 1. The number of likely N-dealkylation sites (tertiary alicyclic amines) is 1. The first kappa shape index (κ1) is 17.3. The molecular formula is C14H25N3O4. The van der Waals surface area contributed by atoms with E-state index in [0.29, 0.717) is 25.9 Å². The van der Waals surface area contributed by atoms with Crippen molar-refractivity contribution in [2.45, 2.75) is 39.2 Å². The number of urea groups is 1. The maximum atomic E-state index is 12.5. The van der Waals surface area contributed by atoms with Crippen LogP contribution in [0.3, 0.4) is 0 Å². The number of nitrogens with zero attached hydrogens (tertiary/aromatic N) is 2. The molecule has 0 radical (unpaired) electrons. The molecule has 0 unspecified atom stereocenters. The van der Waals surface area contributed by atoms with Crippen molar-refractivity contribution in [3.63, 3.8) is 0 Å². The van der Waals surface area contributed by atoms with Gasteiger partial charge in [0.1, 0.15) is 0 Å². The number of hydrogen-bond donors (Lipinski definition) is 2. The van der Waals surface area contributed by atoms with Crippen LogP contribution in [0.4, 0.5) is 4.79 Å². The molecule has 120 valence electrons. The molecule has 0 aromatic rings. The average molecular weight is 299 g/mol. The molecule has 1 rings (SSSR count). The Balaban J connectivity index is 2.57. The van der Waals surface area contributed by atoms with Crippen LogP contribution in [0.5, 0.6) is 0 Å². The predicted octanol–water partition coefficient (Wildman–Crippen LogP) is 0.750. The van der Waals surface area contributed by atoms with Crippen molar-refractivity contribution < 1.29 is 19.5 Å². The highest BCUT2D eigenvalue weighted by Crippen LogP contribution is 2.19. The molecule has 3 amide bonds. The molecular weight excluding hydrogens is 274 g/mol. The lowest BCUT2D eigenvalue weighted by molar-refractivity contribution is -0.137. The first-order valence-electron chi connectivity index (χ1n) is 7.35. The molecule has 0 aromatic heterocycles. The minimum absolute atomic E-state index is 0.0219. The first-order chi connectivity index (χ1) is 9.86. The zero-order valence-electron chi connectivity index (χ0n) is 13.0. The Morgan fingerprint density at radius 1 is 1.29 bits per heavy atom. The molecule has 1 heterocycles. The molecule has 0 aromatic carbocycles. The Morgan fingerprint density at radius 3 is 2.29 bits per heavy atom. The van der Waals surface area contributed by atoms with E-state index in [2.05, 4.69) is 5.32 Å². The van der Waals surface area contributed by atoms with Crippen molar-refractivity contribution in [2.75, 3.05) is 26.7 Å². The largest absolute Gasteiger partial charge is 0.481 e. The highest BCUT2D eigenvalue weighted by molar-refractivity contribution is 5.79. The first-order valence-corrected chi connectivity index (χ1v) is 7.35. The molecule has 0 aliphatic carbocycles. The number of carbonyl (C=O) groups is 3.